The van der Waals surface area contributed by atoms with Crippen LogP contribution in [0.2, 0.25) is 0 Å². The molecule has 1 saturated carbocycles. The average molecular weight is 396 g/mol. The molecule has 0 aliphatic heterocycles. The SMILES string of the molecule is COc1cc(C(=O)NC2CCC(C(=O)NCc3cc(C)ccc3C)CC2)ccn1. The van der Waals surface area contributed by atoms with Crippen molar-refractivity contribution in [1.82, 2.24) is 15.6 Å². The molecule has 29 heavy (non-hydrogen) atoms. The number of hydrogen-bond donors (Lipinski definition) is 2. The Labute approximate surface area is 172 Å². The maximum absolute atomic E-state index is 12.6. The summed E-state index contributed by atoms with van der Waals surface area (Å²) in [6.07, 6.45) is 4.72. The van der Waals surface area contributed by atoms with Crippen molar-refractivity contribution in [1.29, 1.82) is 0 Å². The predicted molar refractivity (Wildman–Crippen MR) is 112 cm³/mol. The normalized spacial score (nSPS) is 18.7. The summed E-state index contributed by atoms with van der Waals surface area (Å²) in [4.78, 5) is 29.0. The lowest BCUT2D eigenvalue weighted by Gasteiger charge is -2.28. The van der Waals surface area contributed by atoms with Crippen molar-refractivity contribution in [2.75, 3.05) is 7.11 Å². The van der Waals surface area contributed by atoms with Gasteiger partial charge in [0.05, 0.1) is 7.11 Å². The molecule has 0 atom stereocenters. The van der Waals surface area contributed by atoms with Crippen LogP contribution in [0.4, 0.5) is 0 Å². The van der Waals surface area contributed by atoms with Crippen molar-refractivity contribution >= 4 is 11.8 Å². The van der Waals surface area contributed by atoms with E-state index < -0.39 is 0 Å². The van der Waals surface area contributed by atoms with Crippen LogP contribution in [0.3, 0.4) is 0 Å². The third kappa shape index (κ3) is 5.56. The van der Waals surface area contributed by atoms with Gasteiger partial charge in [-0.05, 0) is 56.7 Å². The molecule has 0 unspecified atom stereocenters. The van der Waals surface area contributed by atoms with Gasteiger partial charge in [0.2, 0.25) is 11.8 Å². The molecule has 0 spiro atoms. The molecule has 2 N–H and O–H groups in total. The number of amides is 2. The van der Waals surface area contributed by atoms with Gasteiger partial charge >= 0.3 is 0 Å². The number of nitrogens with one attached hydrogen (secondary N) is 2. The van der Waals surface area contributed by atoms with E-state index in [1.165, 1.54) is 18.2 Å². The van der Waals surface area contributed by atoms with Crippen LogP contribution in [-0.4, -0.2) is 29.9 Å². The van der Waals surface area contributed by atoms with Gasteiger partial charge in [0.15, 0.2) is 0 Å². The third-order valence-electron chi connectivity index (χ3n) is 5.60. The molecule has 2 aromatic rings. The number of aryl methyl sites for hydroxylation is 2. The summed E-state index contributed by atoms with van der Waals surface area (Å²) in [5, 5.41) is 6.15. The van der Waals surface area contributed by atoms with Crippen LogP contribution in [0.5, 0.6) is 5.88 Å². The number of methoxy groups -OCH3 is 1. The summed E-state index contributed by atoms with van der Waals surface area (Å²) in [6, 6.07) is 9.67. The van der Waals surface area contributed by atoms with Gasteiger partial charge in [-0.3, -0.25) is 9.59 Å². The first kappa shape index (κ1) is 20.8. The van der Waals surface area contributed by atoms with E-state index in [9.17, 15) is 9.59 Å². The van der Waals surface area contributed by atoms with Gasteiger partial charge in [0.25, 0.3) is 5.91 Å². The molecule has 1 fully saturated rings. The van der Waals surface area contributed by atoms with E-state index in [1.807, 2.05) is 0 Å². The van der Waals surface area contributed by atoms with Gasteiger partial charge in [0.1, 0.15) is 0 Å². The van der Waals surface area contributed by atoms with E-state index in [0.29, 0.717) is 18.0 Å². The van der Waals surface area contributed by atoms with Crippen molar-refractivity contribution in [2.24, 2.45) is 5.92 Å². The lowest BCUT2D eigenvalue weighted by Crippen LogP contribution is -2.40. The third-order valence-corrected chi connectivity index (χ3v) is 5.60. The number of rotatable bonds is 6. The molecule has 2 amide bonds. The number of benzene rings is 1. The minimum Gasteiger partial charge on any atom is -0.481 e. The van der Waals surface area contributed by atoms with E-state index in [4.69, 9.17) is 4.74 Å². The number of hydrogen-bond acceptors (Lipinski definition) is 4. The Hall–Kier alpha value is -2.89. The highest BCUT2D eigenvalue weighted by molar-refractivity contribution is 5.94. The molecule has 1 aromatic carbocycles. The Morgan fingerprint density at radius 2 is 1.86 bits per heavy atom. The Balaban J connectivity index is 1.46. The topological polar surface area (TPSA) is 80.3 Å². The smallest absolute Gasteiger partial charge is 0.251 e. The zero-order valence-electron chi connectivity index (χ0n) is 17.3. The molecule has 1 aliphatic rings. The van der Waals surface area contributed by atoms with Gasteiger partial charge in [-0.2, -0.15) is 0 Å². The first-order chi connectivity index (χ1) is 14.0. The molecular formula is C23H29N3O3. The second-order valence-corrected chi connectivity index (χ2v) is 7.76. The van der Waals surface area contributed by atoms with Crippen LogP contribution in [0.15, 0.2) is 36.5 Å². The van der Waals surface area contributed by atoms with E-state index in [2.05, 4.69) is 47.7 Å². The molecule has 1 aromatic heterocycles. The van der Waals surface area contributed by atoms with Gasteiger partial charge in [-0.25, -0.2) is 4.98 Å². The quantitative estimate of drug-likeness (QED) is 0.786. The van der Waals surface area contributed by atoms with Gasteiger partial charge < -0.3 is 15.4 Å². The van der Waals surface area contributed by atoms with Crippen molar-refractivity contribution in [3.05, 3.63) is 58.8 Å². The highest BCUT2D eigenvalue weighted by atomic mass is 16.5. The van der Waals surface area contributed by atoms with Gasteiger partial charge in [-0.1, -0.05) is 23.8 Å². The number of pyridine rings is 1. The average Bonchev–Trinajstić information content (AvgIpc) is 2.74. The lowest BCUT2D eigenvalue weighted by molar-refractivity contribution is -0.126. The fraction of sp³-hybridized carbons (Fsp3) is 0.435. The van der Waals surface area contributed by atoms with Gasteiger partial charge in [-0.15, -0.1) is 0 Å². The van der Waals surface area contributed by atoms with Crippen molar-refractivity contribution in [3.63, 3.8) is 0 Å². The van der Waals surface area contributed by atoms with Crippen molar-refractivity contribution in [3.8, 4) is 5.88 Å². The Kier molecular flexibility index (Phi) is 6.86. The largest absolute Gasteiger partial charge is 0.481 e. The second kappa shape index (κ2) is 9.54. The number of carbonyl (C=O) groups excluding carboxylic acids is 2. The van der Waals surface area contributed by atoms with Crippen LogP contribution >= 0.6 is 0 Å². The van der Waals surface area contributed by atoms with E-state index in [1.54, 1.807) is 18.3 Å². The monoisotopic (exact) mass is 395 g/mol. The molecule has 3 rings (SSSR count). The Bertz CT molecular complexity index is 873. The van der Waals surface area contributed by atoms with Crippen LogP contribution in [-0.2, 0) is 11.3 Å². The summed E-state index contributed by atoms with van der Waals surface area (Å²) in [7, 11) is 1.52. The molecule has 0 bridgehead atoms. The maximum Gasteiger partial charge on any atom is 0.251 e. The van der Waals surface area contributed by atoms with Gasteiger partial charge in [0, 0.05) is 36.3 Å². The molecule has 0 saturated heterocycles. The van der Waals surface area contributed by atoms with Crippen molar-refractivity contribution in [2.45, 2.75) is 52.1 Å². The van der Waals surface area contributed by atoms with Crippen LogP contribution in [0.1, 0.15) is 52.7 Å². The number of carbonyl (C=O) groups is 2. The molecule has 1 aliphatic carbocycles. The van der Waals surface area contributed by atoms with E-state index >= 15 is 0 Å². The minimum absolute atomic E-state index is 0.00860. The molecule has 6 nitrogen and oxygen atoms in total. The number of aromatic nitrogens is 1. The van der Waals surface area contributed by atoms with E-state index in [0.717, 1.165) is 31.2 Å². The zero-order chi connectivity index (χ0) is 20.8. The number of nitrogens with zero attached hydrogens (tertiary/aromatic N) is 1. The maximum atomic E-state index is 12.6. The fourth-order valence-corrected chi connectivity index (χ4v) is 3.75. The molecule has 6 heteroatoms. The minimum atomic E-state index is -0.131. The highest BCUT2D eigenvalue weighted by Gasteiger charge is 2.27. The second-order valence-electron chi connectivity index (χ2n) is 7.76. The Morgan fingerprint density at radius 3 is 2.59 bits per heavy atom. The molecular weight excluding hydrogens is 366 g/mol. The standard InChI is InChI=1S/C23H29N3O3/c1-15-4-5-16(2)19(12-15)14-25-22(27)17-6-8-20(9-7-17)26-23(28)18-10-11-24-21(13-18)29-3/h4-5,10-13,17,20H,6-9,14H2,1-3H3,(H,25,27)(H,26,28). The molecule has 0 radical (unpaired) electrons. The molecule has 1 heterocycles. The molecule has 154 valence electrons. The van der Waals surface area contributed by atoms with Crippen LogP contribution in [0, 0.1) is 19.8 Å². The Morgan fingerprint density at radius 1 is 1.10 bits per heavy atom. The highest BCUT2D eigenvalue weighted by Crippen LogP contribution is 2.25. The van der Waals surface area contributed by atoms with E-state index in [-0.39, 0.29) is 23.8 Å². The summed E-state index contributed by atoms with van der Waals surface area (Å²) in [6.45, 7) is 4.68. The zero-order valence-corrected chi connectivity index (χ0v) is 17.3. The predicted octanol–water partition coefficient (Wildman–Crippen LogP) is 3.31. The lowest BCUT2D eigenvalue weighted by atomic mass is 9.85. The first-order valence-corrected chi connectivity index (χ1v) is 10.1. The summed E-state index contributed by atoms with van der Waals surface area (Å²) >= 11 is 0. The first-order valence-electron chi connectivity index (χ1n) is 10.1. The van der Waals surface area contributed by atoms with Crippen molar-refractivity contribution < 1.29 is 14.3 Å². The number of ether oxygens (including phenoxy) is 1. The summed E-state index contributed by atoms with van der Waals surface area (Å²) < 4.78 is 5.07. The van der Waals surface area contributed by atoms with Crippen LogP contribution < -0.4 is 15.4 Å². The van der Waals surface area contributed by atoms with Crippen LogP contribution in [0.25, 0.3) is 0 Å². The summed E-state index contributed by atoms with van der Waals surface area (Å²) in [5.74, 6) is 0.402. The summed E-state index contributed by atoms with van der Waals surface area (Å²) in [5.41, 5.74) is 4.08. The fourth-order valence-electron chi connectivity index (χ4n) is 3.75.